The van der Waals surface area contributed by atoms with Crippen molar-refractivity contribution in [3.8, 4) is 0 Å². The largest absolute Gasteiger partial charge is 0.465 e. The molecule has 0 fully saturated rings. The first-order chi connectivity index (χ1) is 14.1. The molecular weight excluding hydrogens is 366 g/mol. The summed E-state index contributed by atoms with van der Waals surface area (Å²) in [4.78, 5) is 30.7. The molecule has 0 radical (unpaired) electrons. The van der Waals surface area contributed by atoms with Crippen LogP contribution in [0.3, 0.4) is 0 Å². The van der Waals surface area contributed by atoms with E-state index >= 15 is 0 Å². The van der Waals surface area contributed by atoms with Gasteiger partial charge in [-0.3, -0.25) is 9.78 Å². The number of nitrogens with zero attached hydrogens (tertiary/aromatic N) is 2. The zero-order chi connectivity index (χ0) is 20.4. The molecule has 29 heavy (non-hydrogen) atoms. The van der Waals surface area contributed by atoms with Crippen molar-refractivity contribution in [1.29, 1.82) is 0 Å². The van der Waals surface area contributed by atoms with E-state index in [-0.39, 0.29) is 5.91 Å². The molecule has 2 heterocycles. The molecule has 1 unspecified atom stereocenters. The van der Waals surface area contributed by atoms with Crippen LogP contribution < -0.4 is 10.2 Å². The van der Waals surface area contributed by atoms with E-state index in [2.05, 4.69) is 39.0 Å². The van der Waals surface area contributed by atoms with Gasteiger partial charge in [0.15, 0.2) is 0 Å². The lowest BCUT2D eigenvalue weighted by atomic mass is 10.1. The molecule has 6 nitrogen and oxygen atoms in total. The smallest absolute Gasteiger partial charge is 0.337 e. The summed E-state index contributed by atoms with van der Waals surface area (Å²) in [5.41, 5.74) is 4.73. The summed E-state index contributed by atoms with van der Waals surface area (Å²) in [6.07, 6.45) is 2.62. The van der Waals surface area contributed by atoms with Crippen LogP contribution in [0.5, 0.6) is 0 Å². The fourth-order valence-electron chi connectivity index (χ4n) is 3.66. The maximum absolute atomic E-state index is 12.7. The van der Waals surface area contributed by atoms with Gasteiger partial charge in [0.05, 0.1) is 12.7 Å². The highest BCUT2D eigenvalue weighted by molar-refractivity contribution is 6.03. The summed E-state index contributed by atoms with van der Waals surface area (Å²) >= 11 is 0. The number of methoxy groups -OCH3 is 1. The maximum Gasteiger partial charge on any atom is 0.337 e. The van der Waals surface area contributed by atoms with Gasteiger partial charge in [-0.25, -0.2) is 4.79 Å². The van der Waals surface area contributed by atoms with E-state index in [1.54, 1.807) is 36.5 Å². The fraction of sp³-hybridized carbons (Fsp3) is 0.174. The van der Waals surface area contributed by atoms with Crippen LogP contribution in [0.1, 0.15) is 33.3 Å². The van der Waals surface area contributed by atoms with Crippen molar-refractivity contribution in [2.24, 2.45) is 0 Å². The molecule has 1 aliphatic rings. The number of carbonyl (C=O) groups is 2. The second-order valence-electron chi connectivity index (χ2n) is 6.97. The molecule has 0 bridgehead atoms. The summed E-state index contributed by atoms with van der Waals surface area (Å²) in [5, 5.41) is 2.82. The van der Waals surface area contributed by atoms with Crippen molar-refractivity contribution in [3.63, 3.8) is 0 Å². The van der Waals surface area contributed by atoms with Crippen molar-refractivity contribution in [3.05, 3.63) is 83.7 Å². The van der Waals surface area contributed by atoms with Gasteiger partial charge in [0, 0.05) is 29.3 Å². The van der Waals surface area contributed by atoms with Gasteiger partial charge in [-0.1, -0.05) is 18.2 Å². The standard InChI is InChI=1S/C23H21N3O3/c1-15-13-17-5-3-4-6-21(17)26(15)19-11-12-24-20(14-19)22(27)25-18-9-7-16(8-10-18)23(28)29-2/h3-12,14-15H,13H2,1-2H3,(H,25,27). The molecule has 0 saturated heterocycles. The molecule has 4 rings (SSSR count). The molecule has 0 aliphatic carbocycles. The zero-order valence-electron chi connectivity index (χ0n) is 16.3. The van der Waals surface area contributed by atoms with E-state index in [1.165, 1.54) is 12.7 Å². The average Bonchev–Trinajstić information content (AvgIpc) is 3.09. The summed E-state index contributed by atoms with van der Waals surface area (Å²) in [6.45, 7) is 2.17. The quantitative estimate of drug-likeness (QED) is 0.679. The first-order valence-corrected chi connectivity index (χ1v) is 9.40. The van der Waals surface area contributed by atoms with E-state index in [9.17, 15) is 9.59 Å². The van der Waals surface area contributed by atoms with Gasteiger partial charge in [-0.2, -0.15) is 0 Å². The number of hydrogen-bond acceptors (Lipinski definition) is 5. The number of rotatable bonds is 4. The third-order valence-corrected chi connectivity index (χ3v) is 5.03. The number of benzene rings is 2. The molecule has 3 aromatic rings. The number of pyridine rings is 1. The number of ether oxygens (including phenoxy) is 1. The highest BCUT2D eigenvalue weighted by atomic mass is 16.5. The van der Waals surface area contributed by atoms with E-state index < -0.39 is 5.97 Å². The van der Waals surface area contributed by atoms with E-state index in [1.807, 2.05) is 18.2 Å². The zero-order valence-corrected chi connectivity index (χ0v) is 16.3. The van der Waals surface area contributed by atoms with E-state index in [0.717, 1.165) is 17.8 Å². The van der Waals surface area contributed by atoms with Gasteiger partial charge < -0.3 is 15.0 Å². The first kappa shape index (κ1) is 18.7. The minimum absolute atomic E-state index is 0.302. The Kier molecular flexibility index (Phi) is 4.99. The van der Waals surface area contributed by atoms with Crippen LogP contribution in [0.25, 0.3) is 0 Å². The third kappa shape index (κ3) is 3.69. The summed E-state index contributed by atoms with van der Waals surface area (Å²) in [5.74, 6) is -0.727. The lowest BCUT2D eigenvalue weighted by Gasteiger charge is -2.25. The minimum Gasteiger partial charge on any atom is -0.465 e. The number of hydrogen-bond donors (Lipinski definition) is 1. The Morgan fingerprint density at radius 1 is 1.10 bits per heavy atom. The van der Waals surface area contributed by atoms with Gasteiger partial charge >= 0.3 is 5.97 Å². The lowest BCUT2D eigenvalue weighted by Crippen LogP contribution is -2.24. The molecule has 0 saturated carbocycles. The van der Waals surface area contributed by atoms with Crippen LogP contribution in [-0.2, 0) is 11.2 Å². The molecule has 6 heteroatoms. The molecular formula is C23H21N3O3. The molecule has 2 aromatic carbocycles. The molecule has 1 atom stereocenters. The summed E-state index contributed by atoms with van der Waals surface area (Å²) in [7, 11) is 1.33. The first-order valence-electron chi connectivity index (χ1n) is 9.40. The van der Waals surface area contributed by atoms with Crippen molar-refractivity contribution >= 4 is 28.9 Å². The van der Waals surface area contributed by atoms with Crippen LogP contribution in [-0.4, -0.2) is 30.0 Å². The van der Waals surface area contributed by atoms with Crippen LogP contribution in [0.4, 0.5) is 17.1 Å². The number of nitrogens with one attached hydrogen (secondary N) is 1. The van der Waals surface area contributed by atoms with Gasteiger partial charge in [-0.15, -0.1) is 0 Å². The van der Waals surface area contributed by atoms with Gasteiger partial charge in [-0.05, 0) is 61.4 Å². The molecule has 1 N–H and O–H groups in total. The Bertz CT molecular complexity index is 1060. The van der Waals surface area contributed by atoms with Crippen molar-refractivity contribution in [1.82, 2.24) is 4.98 Å². The minimum atomic E-state index is -0.419. The highest BCUT2D eigenvalue weighted by Gasteiger charge is 2.27. The van der Waals surface area contributed by atoms with E-state index in [4.69, 9.17) is 0 Å². The summed E-state index contributed by atoms with van der Waals surface area (Å²) < 4.78 is 4.68. The SMILES string of the molecule is COC(=O)c1ccc(NC(=O)c2cc(N3c4ccccc4CC3C)ccn2)cc1. The molecule has 1 aliphatic heterocycles. The highest BCUT2D eigenvalue weighted by Crippen LogP contribution is 2.38. The Morgan fingerprint density at radius 2 is 1.86 bits per heavy atom. The third-order valence-electron chi connectivity index (χ3n) is 5.03. The fourth-order valence-corrected chi connectivity index (χ4v) is 3.66. The molecule has 1 aromatic heterocycles. The molecule has 146 valence electrons. The number of fused-ring (bicyclic) bond motifs is 1. The second-order valence-corrected chi connectivity index (χ2v) is 6.97. The topological polar surface area (TPSA) is 71.5 Å². The summed E-state index contributed by atoms with van der Waals surface area (Å²) in [6, 6.07) is 18.9. The number of aromatic nitrogens is 1. The van der Waals surface area contributed by atoms with Gasteiger partial charge in [0.2, 0.25) is 0 Å². The number of carbonyl (C=O) groups excluding carboxylic acids is 2. The maximum atomic E-state index is 12.7. The number of amides is 1. The van der Waals surface area contributed by atoms with Gasteiger partial charge in [0.1, 0.15) is 5.69 Å². The van der Waals surface area contributed by atoms with Crippen LogP contribution in [0, 0.1) is 0 Å². The number of anilines is 3. The van der Waals surface area contributed by atoms with Crippen LogP contribution >= 0.6 is 0 Å². The van der Waals surface area contributed by atoms with Crippen LogP contribution in [0.15, 0.2) is 66.9 Å². The van der Waals surface area contributed by atoms with Crippen LogP contribution in [0.2, 0.25) is 0 Å². The molecule has 1 amide bonds. The van der Waals surface area contributed by atoms with Crippen molar-refractivity contribution in [2.45, 2.75) is 19.4 Å². The Balaban J connectivity index is 1.54. The predicted molar refractivity (Wildman–Crippen MR) is 112 cm³/mol. The predicted octanol–water partition coefficient (Wildman–Crippen LogP) is 4.20. The average molecular weight is 387 g/mol. The Morgan fingerprint density at radius 3 is 2.62 bits per heavy atom. The normalized spacial score (nSPS) is 15.0. The van der Waals surface area contributed by atoms with Gasteiger partial charge in [0.25, 0.3) is 5.91 Å². The van der Waals surface area contributed by atoms with Crippen molar-refractivity contribution in [2.75, 3.05) is 17.3 Å². The monoisotopic (exact) mass is 387 g/mol. The Hall–Kier alpha value is -3.67. The number of esters is 1. The van der Waals surface area contributed by atoms with E-state index in [0.29, 0.717) is 23.0 Å². The Labute approximate surface area is 169 Å². The van der Waals surface area contributed by atoms with Crippen molar-refractivity contribution < 1.29 is 14.3 Å². The lowest BCUT2D eigenvalue weighted by molar-refractivity contribution is 0.0600. The number of para-hydroxylation sites is 1. The second kappa shape index (κ2) is 7.75. The molecule has 0 spiro atoms.